The molecule has 0 saturated carbocycles. The van der Waals surface area contributed by atoms with Crippen LogP contribution in [0.15, 0.2) is 12.3 Å². The summed E-state index contributed by atoms with van der Waals surface area (Å²) in [6.45, 7) is 1.59. The van der Waals surface area contributed by atoms with Crippen molar-refractivity contribution in [2.75, 3.05) is 0 Å². The molecular weight excluding hydrogens is 154 g/mol. The molecule has 4 nitrogen and oxygen atoms in total. The van der Waals surface area contributed by atoms with Crippen molar-refractivity contribution in [1.82, 2.24) is 0 Å². The van der Waals surface area contributed by atoms with E-state index >= 15 is 0 Å². The Hall–Kier alpha value is 0.690. The SMILES string of the molecule is C/C=C\OP(=O)(O)O.[NaH]. The Kier molecular flexibility index (Phi) is 7.52. The van der Waals surface area contributed by atoms with E-state index in [0.717, 1.165) is 6.26 Å². The Balaban J connectivity index is 0. The van der Waals surface area contributed by atoms with E-state index < -0.39 is 7.82 Å². The topological polar surface area (TPSA) is 66.8 Å². The molecule has 2 N–H and O–H groups in total. The molecule has 0 radical (unpaired) electrons. The van der Waals surface area contributed by atoms with Gasteiger partial charge >= 0.3 is 37.4 Å². The van der Waals surface area contributed by atoms with Gasteiger partial charge in [0, 0.05) is 0 Å². The molecule has 0 aromatic carbocycles. The van der Waals surface area contributed by atoms with Crippen LogP contribution in [-0.4, -0.2) is 39.3 Å². The summed E-state index contributed by atoms with van der Waals surface area (Å²) in [5.74, 6) is 0. The number of phosphoric ester groups is 1. The van der Waals surface area contributed by atoms with Gasteiger partial charge in [-0.25, -0.2) is 4.57 Å². The minimum atomic E-state index is -4.27. The number of allylic oxidation sites excluding steroid dienone is 1. The third-order valence-corrected chi connectivity index (χ3v) is 0.731. The molecule has 50 valence electrons. The Morgan fingerprint density at radius 2 is 2.00 bits per heavy atom. The average Bonchev–Trinajstić information content (AvgIpc) is 1.59. The molecule has 0 bridgehead atoms. The summed E-state index contributed by atoms with van der Waals surface area (Å²) in [6, 6.07) is 0. The van der Waals surface area contributed by atoms with Crippen LogP contribution in [0, 0.1) is 0 Å². The van der Waals surface area contributed by atoms with Crippen LogP contribution in [0.4, 0.5) is 0 Å². The molecule has 0 aromatic rings. The number of phosphoric acid groups is 1. The zero-order valence-electron chi connectivity index (χ0n) is 4.31. The molecule has 9 heavy (non-hydrogen) atoms. The van der Waals surface area contributed by atoms with Crippen molar-refractivity contribution in [1.29, 1.82) is 0 Å². The fourth-order valence-corrected chi connectivity index (χ4v) is 0.420. The molecular formula is C3H8NaO4P. The van der Waals surface area contributed by atoms with Crippen molar-refractivity contribution in [3.63, 3.8) is 0 Å². The van der Waals surface area contributed by atoms with Gasteiger partial charge in [0.05, 0.1) is 6.26 Å². The molecule has 0 aliphatic rings. The molecule has 0 heterocycles. The fourth-order valence-electron chi connectivity index (χ4n) is 0.140. The molecule has 0 rings (SSSR count). The molecule has 0 aliphatic heterocycles. The monoisotopic (exact) mass is 162 g/mol. The van der Waals surface area contributed by atoms with Gasteiger partial charge in [0.25, 0.3) is 0 Å². The first-order chi connectivity index (χ1) is 3.56. The van der Waals surface area contributed by atoms with Gasteiger partial charge in [-0.15, -0.1) is 0 Å². The summed E-state index contributed by atoms with van der Waals surface area (Å²) >= 11 is 0. The van der Waals surface area contributed by atoms with E-state index in [-0.39, 0.29) is 29.6 Å². The maximum absolute atomic E-state index is 9.81. The van der Waals surface area contributed by atoms with Gasteiger partial charge in [-0.3, -0.25) is 9.79 Å². The van der Waals surface area contributed by atoms with E-state index in [1.165, 1.54) is 6.08 Å². The zero-order valence-corrected chi connectivity index (χ0v) is 5.21. The Labute approximate surface area is 75.4 Å². The molecule has 0 unspecified atom stereocenters. The molecule has 6 heteroatoms. The first-order valence-electron chi connectivity index (χ1n) is 1.91. The predicted octanol–water partition coefficient (Wildman–Crippen LogP) is -0.0192. The van der Waals surface area contributed by atoms with Crippen LogP contribution in [0.25, 0.3) is 0 Å². The van der Waals surface area contributed by atoms with Crippen LogP contribution >= 0.6 is 7.82 Å². The molecule has 0 spiro atoms. The Bertz CT molecular complexity index is 128. The number of hydrogen-bond acceptors (Lipinski definition) is 2. The Morgan fingerprint density at radius 1 is 1.56 bits per heavy atom. The average molecular weight is 162 g/mol. The third-order valence-electron chi connectivity index (χ3n) is 0.334. The van der Waals surface area contributed by atoms with Crippen molar-refractivity contribution < 1.29 is 18.9 Å². The van der Waals surface area contributed by atoms with E-state index in [1.807, 2.05) is 0 Å². The van der Waals surface area contributed by atoms with Crippen molar-refractivity contribution in [3.05, 3.63) is 12.3 Å². The maximum atomic E-state index is 9.81. The molecule has 0 amide bonds. The van der Waals surface area contributed by atoms with Gasteiger partial charge in [-0.1, -0.05) is 6.08 Å². The second-order valence-electron chi connectivity index (χ2n) is 1.07. The van der Waals surface area contributed by atoms with Crippen molar-refractivity contribution in [2.24, 2.45) is 0 Å². The van der Waals surface area contributed by atoms with E-state index in [9.17, 15) is 4.57 Å². The number of rotatable bonds is 2. The van der Waals surface area contributed by atoms with Gasteiger partial charge in [0.15, 0.2) is 0 Å². The van der Waals surface area contributed by atoms with Crippen LogP contribution < -0.4 is 0 Å². The molecule has 0 saturated heterocycles. The summed E-state index contributed by atoms with van der Waals surface area (Å²) < 4.78 is 13.7. The molecule has 0 fully saturated rings. The molecule has 0 atom stereocenters. The van der Waals surface area contributed by atoms with Crippen molar-refractivity contribution >= 4 is 37.4 Å². The fraction of sp³-hybridized carbons (Fsp3) is 0.333. The van der Waals surface area contributed by atoms with Crippen LogP contribution in [0.1, 0.15) is 6.92 Å². The normalized spacial score (nSPS) is 11.0. The summed E-state index contributed by atoms with van der Waals surface area (Å²) in [5.41, 5.74) is 0. The van der Waals surface area contributed by atoms with Gasteiger partial charge in [-0.2, -0.15) is 0 Å². The van der Waals surface area contributed by atoms with Crippen molar-refractivity contribution in [2.45, 2.75) is 6.92 Å². The second kappa shape index (κ2) is 5.47. The first kappa shape index (κ1) is 12.4. The quantitative estimate of drug-likeness (QED) is 0.340. The van der Waals surface area contributed by atoms with Gasteiger partial charge in [0.2, 0.25) is 0 Å². The van der Waals surface area contributed by atoms with E-state index in [4.69, 9.17) is 9.79 Å². The second-order valence-corrected chi connectivity index (χ2v) is 2.26. The summed E-state index contributed by atoms with van der Waals surface area (Å²) in [6.07, 6.45) is 2.33. The summed E-state index contributed by atoms with van der Waals surface area (Å²) in [5, 5.41) is 0. The first-order valence-corrected chi connectivity index (χ1v) is 3.44. The van der Waals surface area contributed by atoms with E-state index in [0.29, 0.717) is 0 Å². The predicted molar refractivity (Wildman–Crippen MR) is 35.1 cm³/mol. The molecule has 0 aromatic heterocycles. The van der Waals surface area contributed by atoms with Crippen LogP contribution in [0.5, 0.6) is 0 Å². The van der Waals surface area contributed by atoms with Gasteiger partial charge in [-0.05, 0) is 6.92 Å². The van der Waals surface area contributed by atoms with Crippen molar-refractivity contribution in [3.8, 4) is 0 Å². The van der Waals surface area contributed by atoms with Crippen LogP contribution in [0.2, 0.25) is 0 Å². The minimum absolute atomic E-state index is 0. The molecule has 0 aliphatic carbocycles. The van der Waals surface area contributed by atoms with E-state index in [1.54, 1.807) is 6.92 Å². The third kappa shape index (κ3) is 12.0. The Morgan fingerprint density at radius 3 is 2.11 bits per heavy atom. The van der Waals surface area contributed by atoms with Gasteiger partial charge in [0.1, 0.15) is 0 Å². The zero-order chi connectivity index (χ0) is 6.62. The van der Waals surface area contributed by atoms with Crippen LogP contribution in [-0.2, 0) is 9.09 Å². The summed E-state index contributed by atoms with van der Waals surface area (Å²) in [7, 11) is -4.27. The van der Waals surface area contributed by atoms with E-state index in [2.05, 4.69) is 4.52 Å². The summed E-state index contributed by atoms with van der Waals surface area (Å²) in [4.78, 5) is 16.0. The van der Waals surface area contributed by atoms with Gasteiger partial charge < -0.3 is 4.52 Å². The standard InChI is InChI=1S/C3H7O4P.Na.H/c1-2-3-7-8(4,5)6;;/h2-3H,1H3,(H2,4,5,6);;/b3-2-;;. The van der Waals surface area contributed by atoms with Crippen LogP contribution in [0.3, 0.4) is 0 Å². The number of hydrogen-bond donors (Lipinski definition) is 2.